The third-order valence-electron chi connectivity index (χ3n) is 4.83. The van der Waals surface area contributed by atoms with Gasteiger partial charge in [-0.25, -0.2) is 4.39 Å². The van der Waals surface area contributed by atoms with Gasteiger partial charge in [0.25, 0.3) is 0 Å². The van der Waals surface area contributed by atoms with Gasteiger partial charge >= 0.3 is 0 Å². The Morgan fingerprint density at radius 2 is 1.61 bits per heavy atom. The second-order valence-electron chi connectivity index (χ2n) is 6.77. The van der Waals surface area contributed by atoms with Crippen molar-refractivity contribution in [1.82, 2.24) is 0 Å². The number of fused-ring (bicyclic) bond motifs is 1. The van der Waals surface area contributed by atoms with E-state index in [-0.39, 0.29) is 23.6 Å². The van der Waals surface area contributed by atoms with Crippen molar-refractivity contribution in [1.29, 1.82) is 0 Å². The van der Waals surface area contributed by atoms with Gasteiger partial charge in [-0.05, 0) is 43.2 Å². The van der Waals surface area contributed by atoms with Crippen molar-refractivity contribution in [3.05, 3.63) is 99.5 Å². The first-order valence-electron chi connectivity index (χ1n) is 9.04. The van der Waals surface area contributed by atoms with E-state index < -0.39 is 0 Å². The molecule has 0 aliphatic heterocycles. The summed E-state index contributed by atoms with van der Waals surface area (Å²) in [5.74, 6) is 0.0586. The van der Waals surface area contributed by atoms with E-state index in [9.17, 15) is 9.18 Å². The predicted octanol–water partition coefficient (Wildman–Crippen LogP) is 5.79. The molecule has 0 N–H and O–H groups in total. The molecule has 0 saturated heterocycles. The van der Waals surface area contributed by atoms with Crippen molar-refractivity contribution in [3.63, 3.8) is 0 Å². The summed E-state index contributed by atoms with van der Waals surface area (Å²) in [5.41, 5.74) is 3.37. The molecule has 0 spiro atoms. The molecule has 0 aliphatic rings. The van der Waals surface area contributed by atoms with Crippen LogP contribution in [0, 0.1) is 19.7 Å². The third kappa shape index (κ3) is 3.29. The van der Waals surface area contributed by atoms with Crippen LogP contribution in [0.1, 0.15) is 16.7 Å². The van der Waals surface area contributed by atoms with Crippen molar-refractivity contribution in [2.45, 2.75) is 20.5 Å². The van der Waals surface area contributed by atoms with Gasteiger partial charge in [-0.1, -0.05) is 48.5 Å². The molecule has 0 atom stereocenters. The van der Waals surface area contributed by atoms with Crippen LogP contribution < -0.4 is 10.2 Å². The number of halogens is 1. The highest BCUT2D eigenvalue weighted by Crippen LogP contribution is 2.32. The Morgan fingerprint density at radius 3 is 2.36 bits per heavy atom. The Balaban J connectivity index is 1.89. The van der Waals surface area contributed by atoms with Crippen molar-refractivity contribution < 1.29 is 13.5 Å². The average Bonchev–Trinajstić information content (AvgIpc) is 2.70. The smallest absolute Gasteiger partial charge is 0.235 e. The Hall–Kier alpha value is -3.40. The highest BCUT2D eigenvalue weighted by Gasteiger charge is 2.19. The van der Waals surface area contributed by atoms with Gasteiger partial charge in [-0.3, -0.25) is 4.79 Å². The van der Waals surface area contributed by atoms with E-state index in [0.29, 0.717) is 22.3 Å². The molecule has 0 radical (unpaired) electrons. The maximum Gasteiger partial charge on any atom is 0.235 e. The molecule has 0 fully saturated rings. The second-order valence-corrected chi connectivity index (χ2v) is 6.77. The van der Waals surface area contributed by atoms with E-state index in [0.717, 1.165) is 16.7 Å². The second kappa shape index (κ2) is 7.31. The van der Waals surface area contributed by atoms with E-state index in [1.54, 1.807) is 24.3 Å². The van der Waals surface area contributed by atoms with Crippen LogP contribution in [0.3, 0.4) is 0 Å². The molecule has 3 nitrogen and oxygen atoms in total. The summed E-state index contributed by atoms with van der Waals surface area (Å²) in [6.07, 6.45) is 0. The van der Waals surface area contributed by atoms with Crippen LogP contribution in [0.4, 0.5) is 4.39 Å². The fourth-order valence-electron chi connectivity index (χ4n) is 3.11. The number of ether oxygens (including phenoxy) is 1. The van der Waals surface area contributed by atoms with Gasteiger partial charge < -0.3 is 9.15 Å². The maximum atomic E-state index is 14.0. The summed E-state index contributed by atoms with van der Waals surface area (Å²) in [4.78, 5) is 13.2. The minimum Gasteiger partial charge on any atom is -0.481 e. The lowest BCUT2D eigenvalue weighted by atomic mass is 10.0. The number of hydrogen-bond donors (Lipinski definition) is 0. The zero-order valence-electron chi connectivity index (χ0n) is 15.7. The lowest BCUT2D eigenvalue weighted by Gasteiger charge is -2.13. The largest absolute Gasteiger partial charge is 0.481 e. The highest BCUT2D eigenvalue weighted by atomic mass is 19.1. The minimum absolute atomic E-state index is 0.0619. The summed E-state index contributed by atoms with van der Waals surface area (Å²) >= 11 is 0. The van der Waals surface area contributed by atoms with Gasteiger partial charge in [0.05, 0.1) is 5.39 Å². The van der Waals surface area contributed by atoms with Gasteiger partial charge in [0.1, 0.15) is 18.0 Å². The van der Waals surface area contributed by atoms with Gasteiger partial charge in [-0.2, -0.15) is 0 Å². The molecular weight excluding hydrogens is 355 g/mol. The Bertz CT molecular complexity index is 1210. The molecule has 0 amide bonds. The van der Waals surface area contributed by atoms with Crippen LogP contribution in [0.2, 0.25) is 0 Å². The van der Waals surface area contributed by atoms with E-state index >= 15 is 0 Å². The molecule has 0 unspecified atom stereocenters. The topological polar surface area (TPSA) is 39.4 Å². The standard InChI is InChI=1S/C24H19FO3/c1-15-12-19-21(13-16(15)2)28-23(17-8-4-3-5-9-17)24(22(19)26)27-14-18-10-6-7-11-20(18)25/h3-13H,14H2,1-2H3. The summed E-state index contributed by atoms with van der Waals surface area (Å²) < 4.78 is 25.9. The molecule has 28 heavy (non-hydrogen) atoms. The highest BCUT2D eigenvalue weighted by molar-refractivity contribution is 5.83. The first-order chi connectivity index (χ1) is 13.5. The van der Waals surface area contributed by atoms with Crippen LogP contribution in [0.15, 0.2) is 75.9 Å². The Kier molecular flexibility index (Phi) is 4.70. The summed E-state index contributed by atoms with van der Waals surface area (Å²) in [7, 11) is 0. The molecule has 0 bridgehead atoms. The monoisotopic (exact) mass is 374 g/mol. The molecule has 0 saturated carbocycles. The average molecular weight is 374 g/mol. The fraction of sp³-hybridized carbons (Fsp3) is 0.125. The summed E-state index contributed by atoms with van der Waals surface area (Å²) in [6, 6.07) is 19.3. The maximum absolute atomic E-state index is 14.0. The number of rotatable bonds is 4. The lowest BCUT2D eigenvalue weighted by Crippen LogP contribution is -2.11. The molecule has 4 aromatic rings. The Labute approximate surface area is 162 Å². The zero-order valence-corrected chi connectivity index (χ0v) is 15.7. The van der Waals surface area contributed by atoms with Crippen molar-refractivity contribution in [3.8, 4) is 17.1 Å². The van der Waals surface area contributed by atoms with Crippen LogP contribution in [-0.2, 0) is 6.61 Å². The van der Waals surface area contributed by atoms with Gasteiger partial charge in [0.15, 0.2) is 5.76 Å². The number of benzene rings is 3. The first-order valence-corrected chi connectivity index (χ1v) is 9.04. The molecule has 4 heteroatoms. The summed E-state index contributed by atoms with van der Waals surface area (Å²) in [5, 5.41) is 0.450. The van der Waals surface area contributed by atoms with Gasteiger partial charge in [0, 0.05) is 11.1 Å². The zero-order chi connectivity index (χ0) is 19.7. The Morgan fingerprint density at radius 1 is 0.929 bits per heavy atom. The fourth-order valence-corrected chi connectivity index (χ4v) is 3.11. The van der Waals surface area contributed by atoms with Crippen LogP contribution >= 0.6 is 0 Å². The lowest BCUT2D eigenvalue weighted by molar-refractivity contribution is 0.292. The van der Waals surface area contributed by atoms with Crippen molar-refractivity contribution in [2.75, 3.05) is 0 Å². The van der Waals surface area contributed by atoms with Crippen molar-refractivity contribution >= 4 is 11.0 Å². The quantitative estimate of drug-likeness (QED) is 0.453. The van der Waals surface area contributed by atoms with Crippen LogP contribution in [0.25, 0.3) is 22.3 Å². The van der Waals surface area contributed by atoms with Gasteiger partial charge in [0.2, 0.25) is 11.2 Å². The molecule has 1 heterocycles. The van der Waals surface area contributed by atoms with Crippen molar-refractivity contribution in [2.24, 2.45) is 0 Å². The van der Waals surface area contributed by atoms with E-state index in [1.807, 2.05) is 50.2 Å². The molecule has 1 aromatic heterocycles. The number of aryl methyl sites for hydroxylation is 2. The normalized spacial score (nSPS) is 11.0. The third-order valence-corrected chi connectivity index (χ3v) is 4.83. The molecule has 140 valence electrons. The van der Waals surface area contributed by atoms with Crippen LogP contribution in [0.5, 0.6) is 5.75 Å². The number of hydrogen-bond acceptors (Lipinski definition) is 3. The van der Waals surface area contributed by atoms with E-state index in [1.165, 1.54) is 6.07 Å². The molecule has 4 rings (SSSR count). The predicted molar refractivity (Wildman–Crippen MR) is 108 cm³/mol. The summed E-state index contributed by atoms with van der Waals surface area (Å²) in [6.45, 7) is 3.85. The van der Waals surface area contributed by atoms with E-state index in [2.05, 4.69) is 0 Å². The molecule has 3 aromatic carbocycles. The van der Waals surface area contributed by atoms with Gasteiger partial charge in [-0.15, -0.1) is 0 Å². The first kappa shape index (κ1) is 18.0. The molecular formula is C24H19FO3. The molecule has 0 aliphatic carbocycles. The minimum atomic E-state index is -0.375. The van der Waals surface area contributed by atoms with Crippen LogP contribution in [-0.4, -0.2) is 0 Å². The van der Waals surface area contributed by atoms with E-state index in [4.69, 9.17) is 9.15 Å². The SMILES string of the molecule is Cc1cc2oc(-c3ccccc3)c(OCc3ccccc3F)c(=O)c2cc1C.